The van der Waals surface area contributed by atoms with Crippen LogP contribution in [-0.4, -0.2) is 24.7 Å². The number of fused-ring (bicyclic) bond motifs is 1. The van der Waals surface area contributed by atoms with Crippen LogP contribution in [0.2, 0.25) is 0 Å². The van der Waals surface area contributed by atoms with Crippen molar-refractivity contribution in [2.45, 2.75) is 62.2 Å². The van der Waals surface area contributed by atoms with Gasteiger partial charge in [-0.25, -0.2) is 9.97 Å². The summed E-state index contributed by atoms with van der Waals surface area (Å²) in [6.45, 7) is 5.19. The summed E-state index contributed by atoms with van der Waals surface area (Å²) in [5, 5.41) is 10.5. The molecule has 1 aliphatic rings. The maximum atomic E-state index is 6.01. The van der Waals surface area contributed by atoms with Gasteiger partial charge in [-0.2, -0.15) is 0 Å². The molecule has 2 aromatic rings. The second kappa shape index (κ2) is 6.01. The molecule has 6 nitrogen and oxygen atoms in total. The Hall–Kier alpha value is -1.63. The van der Waals surface area contributed by atoms with E-state index in [1.165, 1.54) is 25.6 Å². The SMILES string of the molecule is CC(C)c1c(N)ncnc1Sc1nnc2n1CCCCC2. The van der Waals surface area contributed by atoms with E-state index in [1.807, 2.05) is 0 Å². The van der Waals surface area contributed by atoms with Gasteiger partial charge in [-0.05, 0) is 30.5 Å². The number of aryl methyl sites for hydroxylation is 1. The van der Waals surface area contributed by atoms with Crippen molar-refractivity contribution in [3.8, 4) is 0 Å². The summed E-state index contributed by atoms with van der Waals surface area (Å²) in [5.74, 6) is 1.92. The van der Waals surface area contributed by atoms with Gasteiger partial charge in [0.1, 0.15) is 23.0 Å². The molecule has 3 rings (SSSR count). The third-order valence-electron chi connectivity index (χ3n) is 3.72. The second-order valence-corrected chi connectivity index (χ2v) is 6.55. The highest BCUT2D eigenvalue weighted by atomic mass is 32.2. The minimum Gasteiger partial charge on any atom is -0.383 e. The van der Waals surface area contributed by atoms with Crippen LogP contribution in [0.15, 0.2) is 16.5 Å². The molecule has 0 unspecified atom stereocenters. The molecule has 0 bridgehead atoms. The van der Waals surface area contributed by atoms with Crippen molar-refractivity contribution in [2.75, 3.05) is 5.73 Å². The number of rotatable bonds is 3. The highest BCUT2D eigenvalue weighted by Crippen LogP contribution is 2.34. The lowest BCUT2D eigenvalue weighted by molar-refractivity contribution is 0.590. The van der Waals surface area contributed by atoms with Gasteiger partial charge in [0.15, 0.2) is 5.16 Å². The highest BCUT2D eigenvalue weighted by molar-refractivity contribution is 7.99. The molecule has 1 aliphatic heterocycles. The molecule has 0 saturated heterocycles. The Morgan fingerprint density at radius 1 is 1.19 bits per heavy atom. The van der Waals surface area contributed by atoms with E-state index in [4.69, 9.17) is 5.73 Å². The van der Waals surface area contributed by atoms with Gasteiger partial charge in [-0.3, -0.25) is 0 Å². The van der Waals surface area contributed by atoms with Crippen LogP contribution < -0.4 is 5.73 Å². The Bertz CT molecular complexity index is 636. The maximum absolute atomic E-state index is 6.01. The Kier molecular flexibility index (Phi) is 4.10. The lowest BCUT2D eigenvalue weighted by Gasteiger charge is -2.13. The predicted molar refractivity (Wildman–Crippen MR) is 82.2 cm³/mol. The van der Waals surface area contributed by atoms with Crippen molar-refractivity contribution in [3.63, 3.8) is 0 Å². The summed E-state index contributed by atoms with van der Waals surface area (Å²) in [6.07, 6.45) is 6.16. The molecular weight excluding hydrogens is 284 g/mol. The summed E-state index contributed by atoms with van der Waals surface area (Å²) < 4.78 is 2.22. The topological polar surface area (TPSA) is 82.5 Å². The third kappa shape index (κ3) is 2.88. The van der Waals surface area contributed by atoms with Crippen molar-refractivity contribution in [3.05, 3.63) is 17.7 Å². The van der Waals surface area contributed by atoms with E-state index in [9.17, 15) is 0 Å². The lowest BCUT2D eigenvalue weighted by atomic mass is 10.1. The van der Waals surface area contributed by atoms with Gasteiger partial charge in [0, 0.05) is 18.5 Å². The number of nitrogen functional groups attached to an aromatic ring is 1. The van der Waals surface area contributed by atoms with Gasteiger partial charge < -0.3 is 10.3 Å². The maximum Gasteiger partial charge on any atom is 0.197 e. The second-order valence-electron chi connectivity index (χ2n) is 5.60. The lowest BCUT2D eigenvalue weighted by Crippen LogP contribution is -2.05. The Morgan fingerprint density at radius 3 is 2.86 bits per heavy atom. The summed E-state index contributed by atoms with van der Waals surface area (Å²) in [4.78, 5) is 8.50. The average molecular weight is 304 g/mol. The molecule has 0 amide bonds. The molecule has 0 saturated carbocycles. The van der Waals surface area contributed by atoms with E-state index in [1.54, 1.807) is 11.8 Å². The van der Waals surface area contributed by atoms with Crippen LogP contribution >= 0.6 is 11.8 Å². The van der Waals surface area contributed by atoms with Gasteiger partial charge in [0.25, 0.3) is 0 Å². The average Bonchev–Trinajstić information content (AvgIpc) is 2.68. The van der Waals surface area contributed by atoms with E-state index in [-0.39, 0.29) is 5.92 Å². The summed E-state index contributed by atoms with van der Waals surface area (Å²) in [5.41, 5.74) is 7.00. The van der Waals surface area contributed by atoms with Crippen LogP contribution in [0.25, 0.3) is 0 Å². The van der Waals surface area contributed by atoms with Crippen LogP contribution in [-0.2, 0) is 13.0 Å². The van der Waals surface area contributed by atoms with Crippen molar-refractivity contribution >= 4 is 17.6 Å². The minimum absolute atomic E-state index is 0.278. The summed E-state index contributed by atoms with van der Waals surface area (Å²) >= 11 is 1.55. The van der Waals surface area contributed by atoms with Crippen molar-refractivity contribution in [1.29, 1.82) is 0 Å². The fourth-order valence-corrected chi connectivity index (χ4v) is 3.75. The van der Waals surface area contributed by atoms with Crippen LogP contribution in [0.4, 0.5) is 5.82 Å². The van der Waals surface area contributed by atoms with E-state index in [0.29, 0.717) is 5.82 Å². The summed E-state index contributed by atoms with van der Waals surface area (Å²) in [7, 11) is 0. The quantitative estimate of drug-likeness (QED) is 0.878. The molecule has 0 spiro atoms. The molecule has 0 atom stereocenters. The van der Waals surface area contributed by atoms with Gasteiger partial charge in [-0.15, -0.1) is 10.2 Å². The predicted octanol–water partition coefficient (Wildman–Crippen LogP) is 2.65. The molecule has 0 fully saturated rings. The minimum atomic E-state index is 0.278. The van der Waals surface area contributed by atoms with Crippen molar-refractivity contribution < 1.29 is 0 Å². The van der Waals surface area contributed by atoms with Gasteiger partial charge in [0.2, 0.25) is 0 Å². The van der Waals surface area contributed by atoms with E-state index in [2.05, 4.69) is 38.6 Å². The number of hydrogen-bond donors (Lipinski definition) is 1. The molecule has 2 aromatic heterocycles. The Labute approximate surface area is 128 Å². The summed E-state index contributed by atoms with van der Waals surface area (Å²) in [6, 6.07) is 0. The number of aromatic nitrogens is 5. The van der Waals surface area contributed by atoms with Crippen molar-refractivity contribution in [2.24, 2.45) is 0 Å². The van der Waals surface area contributed by atoms with Gasteiger partial charge in [-0.1, -0.05) is 20.3 Å². The monoisotopic (exact) mass is 304 g/mol. The Balaban J connectivity index is 1.95. The van der Waals surface area contributed by atoms with Crippen LogP contribution in [0.3, 0.4) is 0 Å². The van der Waals surface area contributed by atoms with Gasteiger partial charge in [0.05, 0.1) is 0 Å². The molecule has 7 heteroatoms. The van der Waals surface area contributed by atoms with E-state index < -0.39 is 0 Å². The molecule has 3 heterocycles. The number of hydrogen-bond acceptors (Lipinski definition) is 6. The molecule has 112 valence electrons. The fraction of sp³-hybridized carbons (Fsp3) is 0.571. The number of nitrogens with two attached hydrogens (primary N) is 1. The van der Waals surface area contributed by atoms with Crippen molar-refractivity contribution in [1.82, 2.24) is 24.7 Å². The molecular formula is C14H20N6S. The first-order valence-electron chi connectivity index (χ1n) is 7.37. The smallest absolute Gasteiger partial charge is 0.197 e. The molecule has 0 radical (unpaired) electrons. The zero-order chi connectivity index (χ0) is 14.8. The first kappa shape index (κ1) is 14.3. The molecule has 2 N–H and O–H groups in total. The highest BCUT2D eigenvalue weighted by Gasteiger charge is 2.19. The molecule has 21 heavy (non-hydrogen) atoms. The van der Waals surface area contributed by atoms with Crippen LogP contribution in [0.1, 0.15) is 50.4 Å². The molecule has 0 aliphatic carbocycles. The standard InChI is InChI=1S/C14H20N6S/c1-9(2)11-12(15)16-8-17-13(11)21-14-19-18-10-6-4-3-5-7-20(10)14/h8-9H,3-7H2,1-2H3,(H2,15,16,17). The number of anilines is 1. The normalized spacial score (nSPS) is 15.0. The first-order valence-corrected chi connectivity index (χ1v) is 8.18. The van der Waals surface area contributed by atoms with Crippen LogP contribution in [0, 0.1) is 0 Å². The first-order chi connectivity index (χ1) is 10.2. The largest absolute Gasteiger partial charge is 0.383 e. The van der Waals surface area contributed by atoms with E-state index >= 15 is 0 Å². The third-order valence-corrected chi connectivity index (χ3v) is 4.72. The Morgan fingerprint density at radius 2 is 2.05 bits per heavy atom. The zero-order valence-electron chi connectivity index (χ0n) is 12.4. The van der Waals surface area contributed by atoms with Gasteiger partial charge >= 0.3 is 0 Å². The van der Waals surface area contributed by atoms with E-state index in [0.717, 1.165) is 34.5 Å². The zero-order valence-corrected chi connectivity index (χ0v) is 13.2. The number of nitrogens with zero attached hydrogens (tertiary/aromatic N) is 5. The molecule has 0 aromatic carbocycles. The van der Waals surface area contributed by atoms with Crippen LogP contribution in [0.5, 0.6) is 0 Å². The fourth-order valence-electron chi connectivity index (χ4n) is 2.64.